The molecule has 0 unspecified atom stereocenters. The van der Waals surface area contributed by atoms with Crippen molar-refractivity contribution in [3.63, 3.8) is 0 Å². The monoisotopic (exact) mass is 382 g/mol. The van der Waals surface area contributed by atoms with Crippen LogP contribution in [-0.2, 0) is 11.3 Å². The van der Waals surface area contributed by atoms with Crippen LogP contribution >= 0.6 is 0 Å². The van der Waals surface area contributed by atoms with Crippen molar-refractivity contribution in [1.29, 1.82) is 0 Å². The minimum atomic E-state index is -0.389. The Morgan fingerprint density at radius 1 is 1.21 bits per heavy atom. The molecule has 1 aliphatic rings. The average Bonchev–Trinajstić information content (AvgIpc) is 2.95. The number of amides is 1. The number of aryl methyl sites for hydroxylation is 2. The molecule has 0 aliphatic carbocycles. The second-order valence-electron chi connectivity index (χ2n) is 7.92. The lowest BCUT2D eigenvalue weighted by molar-refractivity contribution is -0.118. The summed E-state index contributed by atoms with van der Waals surface area (Å²) in [6.07, 6.45) is 2.14. The number of nitrogens with one attached hydrogen (secondary N) is 1. The quantitative estimate of drug-likeness (QED) is 0.779. The van der Waals surface area contributed by atoms with Crippen LogP contribution in [0, 0.1) is 13.8 Å². The number of rotatable bonds is 6. The van der Waals surface area contributed by atoms with Crippen molar-refractivity contribution in [3.8, 4) is 5.75 Å². The molecule has 0 saturated carbocycles. The van der Waals surface area contributed by atoms with Crippen molar-refractivity contribution in [2.45, 2.75) is 46.7 Å². The number of hydrogen-bond acceptors (Lipinski definition) is 4. The first-order valence-electron chi connectivity index (χ1n) is 9.65. The Morgan fingerprint density at radius 3 is 2.61 bits per heavy atom. The van der Waals surface area contributed by atoms with Gasteiger partial charge in [-0.3, -0.25) is 9.48 Å². The molecule has 150 valence electrons. The molecule has 1 amide bonds. The van der Waals surface area contributed by atoms with Gasteiger partial charge in [0.25, 0.3) is 0 Å². The maximum atomic E-state index is 13.1. The van der Waals surface area contributed by atoms with Gasteiger partial charge in [0.15, 0.2) is 0 Å². The van der Waals surface area contributed by atoms with Crippen LogP contribution in [0.1, 0.15) is 37.7 Å². The van der Waals surface area contributed by atoms with Crippen LogP contribution in [0.25, 0.3) is 5.57 Å². The fourth-order valence-electron chi connectivity index (χ4n) is 3.95. The van der Waals surface area contributed by atoms with Gasteiger partial charge in [0.2, 0.25) is 5.91 Å². The largest absolute Gasteiger partial charge is 0.497 e. The lowest BCUT2D eigenvalue weighted by Gasteiger charge is -2.41. The smallest absolute Gasteiger partial charge is 0.241 e. The van der Waals surface area contributed by atoms with Gasteiger partial charge in [-0.15, -0.1) is 0 Å². The Balaban J connectivity index is 1.71. The SMILES string of the molecule is COc1ccc2c(c1)C(C)=CC(C)(C)N2C(=O)CNCCn1nc(C)cc1C. The van der Waals surface area contributed by atoms with E-state index in [2.05, 4.69) is 43.3 Å². The highest BCUT2D eigenvalue weighted by Gasteiger charge is 2.35. The Bertz CT molecular complexity index is 911. The highest BCUT2D eigenvalue weighted by atomic mass is 16.5. The van der Waals surface area contributed by atoms with E-state index in [4.69, 9.17) is 4.74 Å². The van der Waals surface area contributed by atoms with E-state index < -0.39 is 0 Å². The van der Waals surface area contributed by atoms with Crippen molar-refractivity contribution >= 4 is 17.2 Å². The highest BCUT2D eigenvalue weighted by Crippen LogP contribution is 2.40. The molecule has 3 rings (SSSR count). The molecule has 0 saturated heterocycles. The van der Waals surface area contributed by atoms with Gasteiger partial charge in [-0.1, -0.05) is 6.08 Å². The minimum absolute atomic E-state index is 0.0496. The van der Waals surface area contributed by atoms with Crippen LogP contribution in [0.4, 0.5) is 5.69 Å². The Kier molecular flexibility index (Phi) is 5.61. The highest BCUT2D eigenvalue weighted by molar-refractivity contribution is 6.01. The topological polar surface area (TPSA) is 59.4 Å². The summed E-state index contributed by atoms with van der Waals surface area (Å²) < 4.78 is 7.32. The van der Waals surface area contributed by atoms with Crippen molar-refractivity contribution in [3.05, 3.63) is 47.3 Å². The number of carbonyl (C=O) groups excluding carboxylic acids is 1. The van der Waals surface area contributed by atoms with Crippen LogP contribution in [0.5, 0.6) is 5.75 Å². The Labute approximate surface area is 167 Å². The van der Waals surface area contributed by atoms with Crippen LogP contribution < -0.4 is 15.0 Å². The van der Waals surface area contributed by atoms with E-state index in [1.54, 1.807) is 7.11 Å². The van der Waals surface area contributed by atoms with Gasteiger partial charge in [-0.25, -0.2) is 0 Å². The van der Waals surface area contributed by atoms with E-state index in [-0.39, 0.29) is 18.0 Å². The summed E-state index contributed by atoms with van der Waals surface area (Å²) in [5.74, 6) is 0.843. The van der Waals surface area contributed by atoms with Gasteiger partial charge >= 0.3 is 0 Å². The van der Waals surface area contributed by atoms with Crippen LogP contribution in [0.15, 0.2) is 30.3 Å². The third kappa shape index (κ3) is 3.97. The van der Waals surface area contributed by atoms with E-state index >= 15 is 0 Å². The predicted octanol–water partition coefficient (Wildman–Crippen LogP) is 3.33. The molecule has 0 atom stereocenters. The third-order valence-electron chi connectivity index (χ3n) is 5.14. The summed E-state index contributed by atoms with van der Waals surface area (Å²) in [5, 5.41) is 7.73. The molecule has 1 aromatic heterocycles. The second-order valence-corrected chi connectivity index (χ2v) is 7.92. The Hall–Kier alpha value is -2.60. The summed E-state index contributed by atoms with van der Waals surface area (Å²) >= 11 is 0. The van der Waals surface area contributed by atoms with Crippen LogP contribution in [-0.4, -0.2) is 41.4 Å². The van der Waals surface area contributed by atoms with Crippen molar-refractivity contribution in [1.82, 2.24) is 15.1 Å². The van der Waals surface area contributed by atoms with E-state index in [1.165, 1.54) is 0 Å². The summed E-state index contributed by atoms with van der Waals surface area (Å²) in [5.41, 5.74) is 4.87. The van der Waals surface area contributed by atoms with E-state index in [0.29, 0.717) is 6.54 Å². The Morgan fingerprint density at radius 2 is 1.96 bits per heavy atom. The molecule has 6 heteroatoms. The molecule has 1 aromatic carbocycles. The lowest BCUT2D eigenvalue weighted by atomic mass is 9.88. The molecule has 1 N–H and O–H groups in total. The fraction of sp³-hybridized carbons (Fsp3) is 0.455. The van der Waals surface area contributed by atoms with Crippen LogP contribution in [0.3, 0.4) is 0 Å². The van der Waals surface area contributed by atoms with Gasteiger partial charge in [0.1, 0.15) is 5.75 Å². The molecule has 28 heavy (non-hydrogen) atoms. The summed E-state index contributed by atoms with van der Waals surface area (Å²) in [7, 11) is 1.66. The van der Waals surface area contributed by atoms with Gasteiger partial charge in [-0.05, 0) is 64.5 Å². The molecule has 1 aliphatic heterocycles. The molecule has 0 radical (unpaired) electrons. The minimum Gasteiger partial charge on any atom is -0.497 e. The molecular weight excluding hydrogens is 352 g/mol. The van der Waals surface area contributed by atoms with Crippen molar-refractivity contribution in [2.75, 3.05) is 25.1 Å². The standard InChI is InChI=1S/C22H30N4O2/c1-15-13-22(4,5)26(20-8-7-18(28-6)12-19(15)20)21(27)14-23-9-10-25-17(3)11-16(2)24-25/h7-8,11-13,23H,9-10,14H2,1-6H3. The predicted molar refractivity (Wildman–Crippen MR) is 113 cm³/mol. The first kappa shape index (κ1) is 20.1. The van der Waals surface area contributed by atoms with Gasteiger partial charge in [0, 0.05) is 17.8 Å². The molecule has 0 spiro atoms. The maximum absolute atomic E-state index is 13.1. The first-order valence-corrected chi connectivity index (χ1v) is 9.65. The maximum Gasteiger partial charge on any atom is 0.241 e. The van der Waals surface area contributed by atoms with Crippen LogP contribution in [0.2, 0.25) is 0 Å². The number of carbonyl (C=O) groups is 1. The third-order valence-corrected chi connectivity index (χ3v) is 5.14. The number of anilines is 1. The number of methoxy groups -OCH3 is 1. The molecular formula is C22H30N4O2. The lowest BCUT2D eigenvalue weighted by Crippen LogP contribution is -2.52. The number of fused-ring (bicyclic) bond motifs is 1. The molecule has 0 bridgehead atoms. The average molecular weight is 383 g/mol. The second kappa shape index (κ2) is 7.80. The van der Waals surface area contributed by atoms with E-state index in [0.717, 1.165) is 40.5 Å². The zero-order valence-electron chi connectivity index (χ0n) is 17.7. The zero-order chi connectivity index (χ0) is 20.5. The zero-order valence-corrected chi connectivity index (χ0v) is 17.7. The van der Waals surface area contributed by atoms with Gasteiger partial charge < -0.3 is 15.0 Å². The molecule has 6 nitrogen and oxygen atoms in total. The summed E-state index contributed by atoms with van der Waals surface area (Å²) in [6.45, 7) is 11.9. The summed E-state index contributed by atoms with van der Waals surface area (Å²) in [4.78, 5) is 15.0. The normalized spacial score (nSPS) is 15.2. The number of allylic oxidation sites excluding steroid dienone is 1. The van der Waals surface area contributed by atoms with E-state index in [9.17, 15) is 4.79 Å². The fourth-order valence-corrected chi connectivity index (χ4v) is 3.95. The molecule has 2 aromatic rings. The molecule has 2 heterocycles. The van der Waals surface area contributed by atoms with E-state index in [1.807, 2.05) is 41.6 Å². The van der Waals surface area contributed by atoms with Crippen molar-refractivity contribution < 1.29 is 9.53 Å². The number of benzene rings is 1. The first-order chi connectivity index (χ1) is 13.2. The molecule has 0 fully saturated rings. The summed E-state index contributed by atoms with van der Waals surface area (Å²) in [6, 6.07) is 7.93. The van der Waals surface area contributed by atoms with Gasteiger partial charge in [0.05, 0.1) is 37.1 Å². The number of ether oxygens (including phenoxy) is 1. The number of hydrogen-bond donors (Lipinski definition) is 1. The number of nitrogens with zero attached hydrogens (tertiary/aromatic N) is 3. The van der Waals surface area contributed by atoms with Gasteiger partial charge in [-0.2, -0.15) is 5.10 Å². The number of aromatic nitrogens is 2. The van der Waals surface area contributed by atoms with Crippen molar-refractivity contribution in [2.24, 2.45) is 0 Å².